The molecule has 1 aliphatic heterocycles. The number of phenols is 1. The number of carbonyl (C=O) groups is 3. The first-order valence-electron chi connectivity index (χ1n) is 17.5. The monoisotopic (exact) mass is 816 g/mol. The third-order valence-corrected chi connectivity index (χ3v) is 8.20. The zero-order chi connectivity index (χ0) is 43.2. The Labute approximate surface area is 333 Å². The van der Waals surface area contributed by atoms with Gasteiger partial charge < -0.3 is 25.1 Å². The maximum atomic E-state index is 14.0. The van der Waals surface area contributed by atoms with Crippen molar-refractivity contribution in [3.63, 3.8) is 0 Å². The summed E-state index contributed by atoms with van der Waals surface area (Å²) in [5.41, 5.74) is 6.16. The van der Waals surface area contributed by atoms with E-state index in [9.17, 15) is 40.7 Å². The van der Waals surface area contributed by atoms with E-state index in [2.05, 4.69) is 4.74 Å². The van der Waals surface area contributed by atoms with Crippen LogP contribution in [0.4, 0.5) is 26.3 Å². The van der Waals surface area contributed by atoms with E-state index < -0.39 is 52.8 Å². The summed E-state index contributed by atoms with van der Waals surface area (Å²) in [6.07, 6.45) is 0.0967. The molecule has 0 spiro atoms. The Morgan fingerprint density at radius 2 is 1.25 bits per heavy atom. The number of phenolic OH excluding ortho intramolecular Hbond substituents is 1. The second-order valence-corrected chi connectivity index (χ2v) is 12.2. The van der Waals surface area contributed by atoms with Crippen LogP contribution in [0.1, 0.15) is 47.7 Å². The number of aromatic hydroxyl groups is 1. The predicted molar refractivity (Wildman–Crippen MR) is 205 cm³/mol. The fraction of sp³-hybridized carbons (Fsp3) is 0.136. The molecule has 9 nitrogen and oxygen atoms in total. The Morgan fingerprint density at radius 3 is 1.78 bits per heavy atom. The number of hydrogen-bond donors (Lipinski definition) is 2. The van der Waals surface area contributed by atoms with Gasteiger partial charge in [0.25, 0.3) is 0 Å². The first-order chi connectivity index (χ1) is 28.2. The SMILES string of the molecule is CCOC(=O)C1=C(N)Oc2cc3ccccc3cc2C1c1cc(F)c(F)c(F)c1.CCOC(=O)CC#N.O=Cc1cc(F)c(F)c(F)c1.Oc1ccc2ccccc2c1. The van der Waals surface area contributed by atoms with Crippen molar-refractivity contribution in [3.05, 3.63) is 166 Å². The van der Waals surface area contributed by atoms with Crippen molar-refractivity contribution < 1.29 is 60.0 Å². The van der Waals surface area contributed by atoms with Crippen LogP contribution in [0, 0.1) is 46.2 Å². The van der Waals surface area contributed by atoms with Crippen LogP contribution in [0.3, 0.4) is 0 Å². The predicted octanol–water partition coefficient (Wildman–Crippen LogP) is 9.44. The Hall–Kier alpha value is -7.34. The van der Waals surface area contributed by atoms with Crippen LogP contribution in [-0.4, -0.2) is 36.5 Å². The molecule has 7 rings (SSSR count). The van der Waals surface area contributed by atoms with E-state index in [0.29, 0.717) is 35.8 Å². The number of nitrogens with two attached hydrogens (primary N) is 1. The van der Waals surface area contributed by atoms with E-state index in [1.807, 2.05) is 54.6 Å². The number of fused-ring (bicyclic) bond motifs is 3. The minimum atomic E-state index is -1.59. The average Bonchev–Trinajstić information content (AvgIpc) is 3.21. The molecule has 59 heavy (non-hydrogen) atoms. The van der Waals surface area contributed by atoms with Gasteiger partial charge in [0.2, 0.25) is 5.88 Å². The van der Waals surface area contributed by atoms with Gasteiger partial charge in [0.1, 0.15) is 29.8 Å². The summed E-state index contributed by atoms with van der Waals surface area (Å²) in [5, 5.41) is 21.0. The Bertz CT molecular complexity index is 2530. The molecule has 6 aromatic rings. The molecule has 0 saturated carbocycles. The fourth-order valence-electron chi connectivity index (χ4n) is 5.63. The molecular formula is C44H34F6N2O7. The molecule has 1 atom stereocenters. The van der Waals surface area contributed by atoms with Crippen LogP contribution in [0.15, 0.2) is 115 Å². The van der Waals surface area contributed by atoms with E-state index in [-0.39, 0.29) is 41.9 Å². The highest BCUT2D eigenvalue weighted by atomic mass is 19.2. The Balaban J connectivity index is 0.000000209. The quantitative estimate of drug-likeness (QED) is 0.0726. The summed E-state index contributed by atoms with van der Waals surface area (Å²) in [4.78, 5) is 32.8. The molecule has 0 fully saturated rings. The Morgan fingerprint density at radius 1 is 0.746 bits per heavy atom. The van der Waals surface area contributed by atoms with E-state index >= 15 is 0 Å². The number of hydrogen-bond acceptors (Lipinski definition) is 9. The number of benzene rings is 6. The smallest absolute Gasteiger partial charge is 0.340 e. The van der Waals surface area contributed by atoms with Gasteiger partial charge in [0, 0.05) is 11.1 Å². The lowest BCUT2D eigenvalue weighted by Gasteiger charge is -2.29. The summed E-state index contributed by atoms with van der Waals surface area (Å²) < 4.78 is 93.3. The van der Waals surface area contributed by atoms with Crippen LogP contribution in [0.2, 0.25) is 0 Å². The van der Waals surface area contributed by atoms with Crippen molar-refractivity contribution in [1.29, 1.82) is 5.26 Å². The fourth-order valence-corrected chi connectivity index (χ4v) is 5.63. The highest BCUT2D eigenvalue weighted by molar-refractivity contribution is 5.94. The molecule has 1 heterocycles. The van der Waals surface area contributed by atoms with E-state index in [0.717, 1.165) is 33.7 Å². The molecule has 6 aromatic carbocycles. The molecule has 1 unspecified atom stereocenters. The normalized spacial score (nSPS) is 12.5. The molecule has 0 aromatic heterocycles. The lowest BCUT2D eigenvalue weighted by atomic mass is 9.82. The van der Waals surface area contributed by atoms with E-state index in [1.165, 1.54) is 0 Å². The van der Waals surface area contributed by atoms with Crippen LogP contribution < -0.4 is 10.5 Å². The number of halogens is 6. The second-order valence-electron chi connectivity index (χ2n) is 12.2. The summed E-state index contributed by atoms with van der Waals surface area (Å²) >= 11 is 0. The van der Waals surface area contributed by atoms with Gasteiger partial charge in [0.05, 0.1) is 25.2 Å². The van der Waals surface area contributed by atoms with Crippen LogP contribution in [-0.2, 0) is 19.1 Å². The van der Waals surface area contributed by atoms with Crippen LogP contribution >= 0.6 is 0 Å². The standard InChI is InChI=1S/C22H16F3NO3.C10H8O.C7H3F3O.C5H7NO2/c1-2-28-22(27)19-18(13-8-15(23)20(25)16(24)9-13)14-7-11-5-3-4-6-12(11)10-17(14)29-21(19)26;11-10-6-5-8-3-1-2-4-9(8)7-10;8-5-1-4(3-11)2-6(9)7(5)10;1-2-8-5(7)3-4-6/h3-10,18H,2,26H2,1H3;1-7,11H;1-3H;2-3H2,1H3. The first kappa shape index (κ1) is 44.4. The van der Waals surface area contributed by atoms with Gasteiger partial charge in [-0.15, -0.1) is 0 Å². The molecule has 0 saturated heterocycles. The van der Waals surface area contributed by atoms with Gasteiger partial charge in [0.15, 0.2) is 34.9 Å². The van der Waals surface area contributed by atoms with Gasteiger partial charge in [-0.2, -0.15) is 5.26 Å². The Kier molecular flexibility index (Phi) is 15.6. The number of rotatable bonds is 6. The van der Waals surface area contributed by atoms with E-state index in [4.69, 9.17) is 25.6 Å². The lowest BCUT2D eigenvalue weighted by Crippen LogP contribution is -2.27. The highest BCUT2D eigenvalue weighted by Crippen LogP contribution is 2.45. The van der Waals surface area contributed by atoms with Crippen molar-refractivity contribution in [3.8, 4) is 17.6 Å². The average molecular weight is 817 g/mol. The minimum Gasteiger partial charge on any atom is -0.508 e. The second kappa shape index (κ2) is 20.7. The third-order valence-electron chi connectivity index (χ3n) is 8.20. The molecule has 304 valence electrons. The van der Waals surface area contributed by atoms with Gasteiger partial charge >= 0.3 is 11.9 Å². The minimum absolute atomic E-state index is 0.0206. The summed E-state index contributed by atoms with van der Waals surface area (Å²) in [5.74, 6) is -10.4. The summed E-state index contributed by atoms with van der Waals surface area (Å²) in [6, 6.07) is 28.8. The first-order valence-corrected chi connectivity index (χ1v) is 17.5. The van der Waals surface area contributed by atoms with Crippen LogP contribution in [0.25, 0.3) is 21.5 Å². The van der Waals surface area contributed by atoms with Gasteiger partial charge in [-0.1, -0.05) is 54.6 Å². The zero-order valence-electron chi connectivity index (χ0n) is 31.3. The maximum Gasteiger partial charge on any atom is 0.340 e. The molecule has 15 heteroatoms. The number of esters is 2. The van der Waals surface area contributed by atoms with Crippen molar-refractivity contribution in [2.45, 2.75) is 26.2 Å². The summed E-state index contributed by atoms with van der Waals surface area (Å²) in [7, 11) is 0. The number of nitrogens with zero attached hydrogens (tertiary/aromatic N) is 1. The van der Waals surface area contributed by atoms with Gasteiger partial charge in [-0.3, -0.25) is 9.59 Å². The maximum absolute atomic E-state index is 14.0. The van der Waals surface area contributed by atoms with Gasteiger partial charge in [-0.25, -0.2) is 31.1 Å². The molecular weight excluding hydrogens is 782 g/mol. The largest absolute Gasteiger partial charge is 0.508 e. The van der Waals surface area contributed by atoms with Crippen molar-refractivity contribution in [2.24, 2.45) is 5.73 Å². The van der Waals surface area contributed by atoms with Crippen molar-refractivity contribution >= 4 is 39.8 Å². The topological polar surface area (TPSA) is 149 Å². The molecule has 0 aliphatic carbocycles. The number of nitriles is 1. The molecule has 3 N–H and O–H groups in total. The van der Waals surface area contributed by atoms with Crippen molar-refractivity contribution in [2.75, 3.05) is 13.2 Å². The van der Waals surface area contributed by atoms with Crippen LogP contribution in [0.5, 0.6) is 11.5 Å². The van der Waals surface area contributed by atoms with Crippen molar-refractivity contribution in [1.82, 2.24) is 0 Å². The summed E-state index contributed by atoms with van der Waals surface area (Å²) in [6.45, 7) is 3.74. The molecule has 0 amide bonds. The molecule has 1 aliphatic rings. The highest BCUT2D eigenvalue weighted by Gasteiger charge is 2.36. The third kappa shape index (κ3) is 11.4. The number of carbonyl (C=O) groups excluding carboxylic acids is 3. The van der Waals surface area contributed by atoms with Gasteiger partial charge in [-0.05, 0) is 89.5 Å². The number of aldehydes is 1. The zero-order valence-corrected chi connectivity index (χ0v) is 31.3. The molecule has 0 bridgehead atoms. The lowest BCUT2D eigenvalue weighted by molar-refractivity contribution is -0.142. The number of ether oxygens (including phenoxy) is 3. The van der Waals surface area contributed by atoms with E-state index in [1.54, 1.807) is 44.2 Å². The molecule has 0 radical (unpaired) electrons.